The van der Waals surface area contributed by atoms with Gasteiger partial charge in [-0.15, -0.1) is 0 Å². The minimum absolute atomic E-state index is 0.221. The Morgan fingerprint density at radius 3 is 2.68 bits per heavy atom. The van der Waals surface area contributed by atoms with Gasteiger partial charge < -0.3 is 19.4 Å². The molecule has 0 atom stereocenters. The molecular formula is C25H35N7O2. The number of likely N-dealkylation sites (N-methyl/N-ethyl adjacent to an activating group) is 1. The monoisotopic (exact) mass is 465 g/mol. The van der Waals surface area contributed by atoms with Gasteiger partial charge in [-0.25, -0.2) is 9.97 Å². The zero-order valence-electron chi connectivity index (χ0n) is 20.2. The molecule has 0 unspecified atom stereocenters. The topological polar surface area (TPSA) is 86.2 Å². The summed E-state index contributed by atoms with van der Waals surface area (Å²) >= 11 is 0. The van der Waals surface area contributed by atoms with Crippen molar-refractivity contribution in [3.8, 4) is 0 Å². The second kappa shape index (κ2) is 11.9. The first kappa shape index (κ1) is 24.1. The number of piperazine rings is 1. The minimum atomic E-state index is 0.221. The van der Waals surface area contributed by atoms with Crippen molar-refractivity contribution in [2.24, 2.45) is 5.10 Å². The fourth-order valence-electron chi connectivity index (χ4n) is 4.14. The predicted octanol–water partition coefficient (Wildman–Crippen LogP) is 2.16. The van der Waals surface area contributed by atoms with E-state index in [1.54, 1.807) is 6.21 Å². The number of aromatic nitrogens is 2. The molecule has 2 aromatic rings. The SMILES string of the molecule is Cc1cccc(C=NNc2cc(N3CCOCC3)nc(CCCC(=O)N3CCN(C)CC3)n2)c1. The summed E-state index contributed by atoms with van der Waals surface area (Å²) in [6.07, 6.45) is 3.68. The first-order valence-corrected chi connectivity index (χ1v) is 12.1. The largest absolute Gasteiger partial charge is 0.378 e. The highest BCUT2D eigenvalue weighted by molar-refractivity contribution is 5.80. The van der Waals surface area contributed by atoms with E-state index in [2.05, 4.69) is 51.4 Å². The van der Waals surface area contributed by atoms with Gasteiger partial charge in [-0.2, -0.15) is 5.10 Å². The van der Waals surface area contributed by atoms with Crippen molar-refractivity contribution < 1.29 is 9.53 Å². The molecule has 0 radical (unpaired) electrons. The lowest BCUT2D eigenvalue weighted by atomic mass is 10.2. The van der Waals surface area contributed by atoms with Gasteiger partial charge in [0.15, 0.2) is 5.82 Å². The molecule has 9 nitrogen and oxygen atoms in total. The van der Waals surface area contributed by atoms with Gasteiger partial charge >= 0.3 is 0 Å². The van der Waals surface area contributed by atoms with Crippen LogP contribution < -0.4 is 10.3 Å². The van der Waals surface area contributed by atoms with Gasteiger partial charge in [-0.05, 0) is 26.0 Å². The third kappa shape index (κ3) is 6.98. The highest BCUT2D eigenvalue weighted by Crippen LogP contribution is 2.19. The number of carbonyl (C=O) groups is 1. The first-order valence-electron chi connectivity index (χ1n) is 12.1. The number of rotatable bonds is 8. The molecule has 3 heterocycles. The molecule has 1 aromatic carbocycles. The lowest BCUT2D eigenvalue weighted by molar-refractivity contribution is -0.132. The lowest BCUT2D eigenvalue weighted by Gasteiger charge is -2.32. The summed E-state index contributed by atoms with van der Waals surface area (Å²) in [5, 5.41) is 4.38. The Balaban J connectivity index is 1.40. The summed E-state index contributed by atoms with van der Waals surface area (Å²) < 4.78 is 5.49. The Hall–Kier alpha value is -3.04. The van der Waals surface area contributed by atoms with Gasteiger partial charge in [0.05, 0.1) is 19.4 Å². The number of aryl methyl sites for hydroxylation is 2. The summed E-state index contributed by atoms with van der Waals surface area (Å²) in [6, 6.07) is 10.1. The van der Waals surface area contributed by atoms with E-state index >= 15 is 0 Å². The molecule has 9 heteroatoms. The smallest absolute Gasteiger partial charge is 0.222 e. The summed E-state index contributed by atoms with van der Waals surface area (Å²) in [6.45, 7) is 8.53. The molecule has 1 aromatic heterocycles. The highest BCUT2D eigenvalue weighted by Gasteiger charge is 2.19. The Kier molecular flexibility index (Phi) is 8.43. The van der Waals surface area contributed by atoms with Crippen molar-refractivity contribution in [3.05, 3.63) is 47.3 Å². The second-order valence-corrected chi connectivity index (χ2v) is 8.95. The van der Waals surface area contributed by atoms with Gasteiger partial charge in [0.25, 0.3) is 0 Å². The third-order valence-electron chi connectivity index (χ3n) is 6.18. The molecule has 182 valence electrons. The number of amides is 1. The predicted molar refractivity (Wildman–Crippen MR) is 134 cm³/mol. The van der Waals surface area contributed by atoms with Gasteiger partial charge in [0, 0.05) is 58.2 Å². The normalized spacial score (nSPS) is 17.4. The Morgan fingerprint density at radius 2 is 1.91 bits per heavy atom. The van der Waals surface area contributed by atoms with E-state index in [4.69, 9.17) is 9.72 Å². The van der Waals surface area contributed by atoms with E-state index in [0.717, 1.165) is 62.9 Å². The van der Waals surface area contributed by atoms with Gasteiger partial charge in [-0.3, -0.25) is 10.2 Å². The van der Waals surface area contributed by atoms with Crippen LogP contribution >= 0.6 is 0 Å². The number of nitrogens with one attached hydrogen (secondary N) is 1. The molecular weight excluding hydrogens is 430 g/mol. The van der Waals surface area contributed by atoms with E-state index < -0.39 is 0 Å². The Bertz CT molecular complexity index is 983. The highest BCUT2D eigenvalue weighted by atomic mass is 16.5. The average molecular weight is 466 g/mol. The standard InChI is InChI=1S/C25H35N7O2/c1-20-5-3-6-21(17-20)19-26-29-23-18-24(31-13-15-34-16-14-31)28-22(27-23)7-4-8-25(33)32-11-9-30(2)10-12-32/h3,5-6,17-19H,4,7-16H2,1-2H3,(H,27,28,29). The number of anilines is 2. The summed E-state index contributed by atoms with van der Waals surface area (Å²) in [5.74, 6) is 2.47. The maximum Gasteiger partial charge on any atom is 0.222 e. The van der Waals surface area contributed by atoms with E-state index in [9.17, 15) is 4.79 Å². The molecule has 0 bridgehead atoms. The molecule has 1 N–H and O–H groups in total. The van der Waals surface area contributed by atoms with Crippen molar-refractivity contribution >= 4 is 23.8 Å². The van der Waals surface area contributed by atoms with Crippen LogP contribution in [0.25, 0.3) is 0 Å². The number of hydrogen-bond donors (Lipinski definition) is 1. The molecule has 1 amide bonds. The van der Waals surface area contributed by atoms with E-state index in [0.29, 0.717) is 31.9 Å². The lowest BCUT2D eigenvalue weighted by Crippen LogP contribution is -2.47. The van der Waals surface area contributed by atoms with Crippen molar-refractivity contribution in [1.29, 1.82) is 0 Å². The minimum Gasteiger partial charge on any atom is -0.378 e. The molecule has 0 spiro atoms. The first-order chi connectivity index (χ1) is 16.6. The molecule has 2 aliphatic heterocycles. The maximum atomic E-state index is 12.6. The van der Waals surface area contributed by atoms with Crippen LogP contribution in [0.2, 0.25) is 0 Å². The van der Waals surface area contributed by atoms with E-state index in [1.165, 1.54) is 5.56 Å². The second-order valence-electron chi connectivity index (χ2n) is 8.95. The van der Waals surface area contributed by atoms with Crippen LogP contribution in [0.4, 0.5) is 11.6 Å². The van der Waals surface area contributed by atoms with E-state index in [-0.39, 0.29) is 5.91 Å². The molecule has 2 aliphatic rings. The molecule has 0 saturated carbocycles. The number of ether oxygens (including phenoxy) is 1. The fourth-order valence-corrected chi connectivity index (χ4v) is 4.14. The summed E-state index contributed by atoms with van der Waals surface area (Å²) in [5.41, 5.74) is 5.28. The molecule has 4 rings (SSSR count). The van der Waals surface area contributed by atoms with Gasteiger partial charge in [0.2, 0.25) is 5.91 Å². The molecule has 2 saturated heterocycles. The summed E-state index contributed by atoms with van der Waals surface area (Å²) in [7, 11) is 2.09. The Morgan fingerprint density at radius 1 is 1.12 bits per heavy atom. The van der Waals surface area contributed by atoms with Crippen molar-refractivity contribution in [1.82, 2.24) is 19.8 Å². The van der Waals surface area contributed by atoms with Crippen molar-refractivity contribution in [3.63, 3.8) is 0 Å². The van der Waals surface area contributed by atoms with E-state index in [1.807, 2.05) is 23.1 Å². The third-order valence-corrected chi connectivity index (χ3v) is 6.18. The molecule has 34 heavy (non-hydrogen) atoms. The van der Waals surface area contributed by atoms with Crippen LogP contribution in [-0.4, -0.2) is 91.4 Å². The quantitative estimate of drug-likeness (QED) is 0.472. The van der Waals surface area contributed by atoms with Crippen LogP contribution in [0.5, 0.6) is 0 Å². The zero-order chi connectivity index (χ0) is 23.8. The van der Waals surface area contributed by atoms with Crippen LogP contribution in [0.1, 0.15) is 29.8 Å². The van der Waals surface area contributed by atoms with Crippen LogP contribution in [0.15, 0.2) is 35.4 Å². The number of nitrogens with zero attached hydrogens (tertiary/aromatic N) is 6. The number of carbonyl (C=O) groups excluding carboxylic acids is 1. The van der Waals surface area contributed by atoms with Crippen molar-refractivity contribution in [2.45, 2.75) is 26.2 Å². The Labute approximate surface area is 201 Å². The fraction of sp³-hybridized carbons (Fsp3) is 0.520. The average Bonchev–Trinajstić information content (AvgIpc) is 2.85. The number of benzene rings is 1. The molecule has 0 aliphatic carbocycles. The van der Waals surface area contributed by atoms with Crippen LogP contribution in [-0.2, 0) is 16.0 Å². The number of morpholine rings is 1. The van der Waals surface area contributed by atoms with Crippen molar-refractivity contribution in [2.75, 3.05) is 69.9 Å². The van der Waals surface area contributed by atoms with Crippen LogP contribution in [0, 0.1) is 6.92 Å². The maximum absolute atomic E-state index is 12.6. The number of hydrogen-bond acceptors (Lipinski definition) is 8. The van der Waals surface area contributed by atoms with Gasteiger partial charge in [0.1, 0.15) is 11.6 Å². The zero-order valence-corrected chi connectivity index (χ0v) is 20.2. The van der Waals surface area contributed by atoms with Gasteiger partial charge in [-0.1, -0.05) is 29.8 Å². The molecule has 2 fully saturated rings. The van der Waals surface area contributed by atoms with Crippen LogP contribution in [0.3, 0.4) is 0 Å². The number of hydrazone groups is 1. The summed E-state index contributed by atoms with van der Waals surface area (Å²) in [4.78, 5) is 28.5.